The van der Waals surface area contributed by atoms with E-state index in [1.807, 2.05) is 61.5 Å². The third-order valence-corrected chi connectivity index (χ3v) is 4.77. The fourth-order valence-electron chi connectivity index (χ4n) is 3.20. The van der Waals surface area contributed by atoms with Crippen molar-refractivity contribution in [1.82, 2.24) is 15.0 Å². The average Bonchev–Trinajstić information content (AvgIpc) is 2.85. The van der Waals surface area contributed by atoms with Gasteiger partial charge in [-0.25, -0.2) is 9.97 Å². The molecule has 0 unspecified atom stereocenters. The molecular formula is C25H22N4O3. The van der Waals surface area contributed by atoms with Crippen LogP contribution in [-0.4, -0.2) is 34.6 Å². The summed E-state index contributed by atoms with van der Waals surface area (Å²) in [5.41, 5.74) is 3.02. The Morgan fingerprint density at radius 2 is 1.72 bits per heavy atom. The van der Waals surface area contributed by atoms with Crippen LogP contribution in [0.2, 0.25) is 0 Å². The lowest BCUT2D eigenvalue weighted by atomic mass is 10.1. The summed E-state index contributed by atoms with van der Waals surface area (Å²) in [5.74, 6) is 1.52. The van der Waals surface area contributed by atoms with E-state index in [0.717, 1.165) is 16.9 Å². The van der Waals surface area contributed by atoms with Gasteiger partial charge in [0.05, 0.1) is 30.7 Å². The molecule has 0 aliphatic carbocycles. The third-order valence-electron chi connectivity index (χ3n) is 4.77. The molecule has 4 aromatic rings. The summed E-state index contributed by atoms with van der Waals surface area (Å²) in [6.45, 7) is 2.39. The maximum Gasteiger partial charge on any atom is 0.259 e. The van der Waals surface area contributed by atoms with E-state index in [0.29, 0.717) is 35.1 Å². The van der Waals surface area contributed by atoms with E-state index in [4.69, 9.17) is 14.5 Å². The van der Waals surface area contributed by atoms with E-state index in [-0.39, 0.29) is 5.91 Å². The minimum atomic E-state index is -0.328. The molecule has 0 saturated carbocycles. The normalized spacial score (nSPS) is 10.4. The van der Waals surface area contributed by atoms with Crippen LogP contribution in [0.25, 0.3) is 22.6 Å². The largest absolute Gasteiger partial charge is 0.497 e. The molecule has 0 bridgehead atoms. The molecule has 7 nitrogen and oxygen atoms in total. The number of hydrogen-bond donors (Lipinski definition) is 1. The number of para-hydroxylation sites is 2. The van der Waals surface area contributed by atoms with Crippen LogP contribution in [0.5, 0.6) is 11.5 Å². The zero-order chi connectivity index (χ0) is 22.3. The van der Waals surface area contributed by atoms with Gasteiger partial charge in [-0.15, -0.1) is 0 Å². The third kappa shape index (κ3) is 4.57. The summed E-state index contributed by atoms with van der Waals surface area (Å²) in [5, 5.41) is 2.92. The Hall–Kier alpha value is -4.26. The van der Waals surface area contributed by atoms with Crippen molar-refractivity contribution >= 4 is 11.6 Å². The molecule has 0 atom stereocenters. The highest BCUT2D eigenvalue weighted by molar-refractivity contribution is 6.08. The fourth-order valence-corrected chi connectivity index (χ4v) is 3.20. The summed E-state index contributed by atoms with van der Waals surface area (Å²) in [6.07, 6.45) is 4.87. The van der Waals surface area contributed by atoms with Gasteiger partial charge in [0.1, 0.15) is 11.5 Å². The summed E-state index contributed by atoms with van der Waals surface area (Å²) in [6, 6.07) is 18.4. The summed E-state index contributed by atoms with van der Waals surface area (Å²) >= 11 is 0. The minimum absolute atomic E-state index is 0.328. The predicted molar refractivity (Wildman–Crippen MR) is 123 cm³/mol. The van der Waals surface area contributed by atoms with Gasteiger partial charge in [0.15, 0.2) is 5.82 Å². The van der Waals surface area contributed by atoms with Crippen LogP contribution in [0.3, 0.4) is 0 Å². The highest BCUT2D eigenvalue weighted by atomic mass is 16.5. The Bertz CT molecular complexity index is 1210. The summed E-state index contributed by atoms with van der Waals surface area (Å²) in [7, 11) is 1.62. The highest BCUT2D eigenvalue weighted by Gasteiger charge is 2.18. The molecule has 4 rings (SSSR count). The first-order valence-corrected chi connectivity index (χ1v) is 10.1. The molecule has 2 heterocycles. The maximum absolute atomic E-state index is 13.2. The van der Waals surface area contributed by atoms with Crippen molar-refractivity contribution < 1.29 is 14.3 Å². The first-order chi connectivity index (χ1) is 15.7. The summed E-state index contributed by atoms with van der Waals surface area (Å²) in [4.78, 5) is 26.5. The second-order valence-corrected chi connectivity index (χ2v) is 6.80. The van der Waals surface area contributed by atoms with Crippen molar-refractivity contribution in [2.24, 2.45) is 0 Å². The summed E-state index contributed by atoms with van der Waals surface area (Å²) < 4.78 is 10.8. The topological polar surface area (TPSA) is 86.2 Å². The number of methoxy groups -OCH3 is 1. The smallest absolute Gasteiger partial charge is 0.259 e. The van der Waals surface area contributed by atoms with Crippen molar-refractivity contribution in [3.8, 4) is 34.1 Å². The van der Waals surface area contributed by atoms with Gasteiger partial charge < -0.3 is 14.8 Å². The van der Waals surface area contributed by atoms with E-state index < -0.39 is 0 Å². The number of amides is 1. The number of carbonyl (C=O) groups excluding carboxylic acids is 1. The van der Waals surface area contributed by atoms with Crippen molar-refractivity contribution in [3.63, 3.8) is 0 Å². The van der Waals surface area contributed by atoms with Crippen molar-refractivity contribution in [2.45, 2.75) is 6.92 Å². The van der Waals surface area contributed by atoms with Crippen LogP contribution in [0, 0.1) is 0 Å². The molecule has 0 saturated heterocycles. The number of carbonyl (C=O) groups is 1. The number of benzene rings is 2. The number of nitrogens with one attached hydrogen (secondary N) is 1. The van der Waals surface area contributed by atoms with Crippen LogP contribution < -0.4 is 14.8 Å². The van der Waals surface area contributed by atoms with E-state index >= 15 is 0 Å². The lowest BCUT2D eigenvalue weighted by Gasteiger charge is -2.13. The zero-order valence-electron chi connectivity index (χ0n) is 17.8. The lowest BCUT2D eigenvalue weighted by Crippen LogP contribution is -2.15. The number of hydrogen-bond acceptors (Lipinski definition) is 6. The molecule has 2 aromatic heterocycles. The second kappa shape index (κ2) is 9.70. The van der Waals surface area contributed by atoms with Gasteiger partial charge in [0.2, 0.25) is 0 Å². The number of aromatic nitrogens is 3. The van der Waals surface area contributed by atoms with Crippen LogP contribution >= 0.6 is 0 Å². The molecular weight excluding hydrogens is 404 g/mol. The second-order valence-electron chi connectivity index (χ2n) is 6.80. The molecule has 7 heteroatoms. The van der Waals surface area contributed by atoms with E-state index in [1.165, 1.54) is 0 Å². The molecule has 0 aliphatic heterocycles. The highest BCUT2D eigenvalue weighted by Crippen LogP contribution is 2.28. The van der Waals surface area contributed by atoms with Crippen LogP contribution in [-0.2, 0) is 0 Å². The van der Waals surface area contributed by atoms with Crippen LogP contribution in [0.4, 0.5) is 5.69 Å². The number of nitrogens with zero attached hydrogens (tertiary/aromatic N) is 3. The van der Waals surface area contributed by atoms with Gasteiger partial charge in [-0.05, 0) is 55.5 Å². The predicted octanol–water partition coefficient (Wildman–Crippen LogP) is 4.87. The van der Waals surface area contributed by atoms with Crippen LogP contribution in [0.1, 0.15) is 17.3 Å². The van der Waals surface area contributed by atoms with Gasteiger partial charge in [0.25, 0.3) is 5.91 Å². The number of pyridine rings is 1. The maximum atomic E-state index is 13.2. The minimum Gasteiger partial charge on any atom is -0.497 e. The van der Waals surface area contributed by atoms with Crippen molar-refractivity contribution in [3.05, 3.63) is 84.8 Å². The fraction of sp³-hybridized carbons (Fsp3) is 0.120. The van der Waals surface area contributed by atoms with Gasteiger partial charge in [-0.3, -0.25) is 9.78 Å². The van der Waals surface area contributed by atoms with Gasteiger partial charge in [-0.2, -0.15) is 0 Å². The van der Waals surface area contributed by atoms with Gasteiger partial charge >= 0.3 is 0 Å². The van der Waals surface area contributed by atoms with Crippen molar-refractivity contribution in [1.29, 1.82) is 0 Å². The Labute approximate surface area is 186 Å². The molecule has 1 amide bonds. The first-order valence-electron chi connectivity index (χ1n) is 10.1. The van der Waals surface area contributed by atoms with Crippen LogP contribution in [0.15, 0.2) is 79.3 Å². The monoisotopic (exact) mass is 426 g/mol. The zero-order valence-corrected chi connectivity index (χ0v) is 17.8. The Balaban J connectivity index is 1.73. The number of rotatable bonds is 7. The standard InChI is InChI=1S/C25H22N4O3/c1-3-32-22-7-5-4-6-21(22)28-25(30)20-16-27-24(18-8-10-19(31-2)11-9-18)29-23(20)17-12-14-26-15-13-17/h4-16H,3H2,1-2H3,(H,28,30). The molecule has 1 N–H and O–H groups in total. The molecule has 0 aliphatic rings. The molecule has 0 spiro atoms. The lowest BCUT2D eigenvalue weighted by molar-refractivity contribution is 0.102. The van der Waals surface area contributed by atoms with E-state index in [1.54, 1.807) is 31.8 Å². The average molecular weight is 426 g/mol. The van der Waals surface area contributed by atoms with Gasteiger partial charge in [-0.1, -0.05) is 12.1 Å². The van der Waals surface area contributed by atoms with Crippen molar-refractivity contribution in [2.75, 3.05) is 19.0 Å². The molecule has 160 valence electrons. The van der Waals surface area contributed by atoms with E-state index in [2.05, 4.69) is 15.3 Å². The molecule has 0 radical (unpaired) electrons. The molecule has 32 heavy (non-hydrogen) atoms. The van der Waals surface area contributed by atoms with Gasteiger partial charge in [0, 0.05) is 29.7 Å². The number of ether oxygens (including phenoxy) is 2. The Morgan fingerprint density at radius 1 is 0.969 bits per heavy atom. The molecule has 0 fully saturated rings. The quantitative estimate of drug-likeness (QED) is 0.454. The Morgan fingerprint density at radius 3 is 2.44 bits per heavy atom. The first kappa shape index (κ1) is 21.0. The SMILES string of the molecule is CCOc1ccccc1NC(=O)c1cnc(-c2ccc(OC)cc2)nc1-c1ccncc1. The number of anilines is 1. The molecule has 2 aromatic carbocycles. The Kier molecular flexibility index (Phi) is 6.36. The van der Waals surface area contributed by atoms with E-state index in [9.17, 15) is 4.79 Å².